The molecule has 1 rings (SSSR count). The number of methoxy groups -OCH3 is 1. The normalized spacial score (nSPS) is 12.0. The molecule has 0 heterocycles. The second-order valence-electron chi connectivity index (χ2n) is 4.08. The lowest BCUT2D eigenvalue weighted by atomic mass is 9.95. The molecule has 0 fully saturated rings. The molecule has 0 aliphatic carbocycles. The van der Waals surface area contributed by atoms with E-state index in [0.29, 0.717) is 10.6 Å². The Bertz CT molecular complexity index is 389. The Morgan fingerprint density at radius 1 is 1.31 bits per heavy atom. The number of hydrogen-bond acceptors (Lipinski definition) is 1. The van der Waals surface area contributed by atoms with E-state index in [-0.39, 0.29) is 11.3 Å². The van der Waals surface area contributed by atoms with Crippen molar-refractivity contribution in [3.8, 4) is 5.75 Å². The lowest BCUT2D eigenvalue weighted by molar-refractivity contribution is -0.0531. The summed E-state index contributed by atoms with van der Waals surface area (Å²) >= 11 is 5.80. The third-order valence-electron chi connectivity index (χ3n) is 2.53. The van der Waals surface area contributed by atoms with E-state index >= 15 is 0 Å². The third kappa shape index (κ3) is 2.29. The first-order chi connectivity index (χ1) is 7.30. The molecule has 1 nitrogen and oxygen atoms in total. The summed E-state index contributed by atoms with van der Waals surface area (Å²) in [5, 5.41) is 0.300. The van der Waals surface area contributed by atoms with Gasteiger partial charge in [-0.3, -0.25) is 0 Å². The van der Waals surface area contributed by atoms with Crippen molar-refractivity contribution in [3.63, 3.8) is 0 Å². The Hall–Kier alpha value is -0.830. The smallest absolute Gasteiger partial charge is 0.279 e. The Labute approximate surface area is 99.4 Å². The molecule has 0 aliphatic rings. The second-order valence-corrected chi connectivity index (χ2v) is 4.52. The molecule has 90 valence electrons. The van der Waals surface area contributed by atoms with E-state index in [9.17, 15) is 8.78 Å². The van der Waals surface area contributed by atoms with Gasteiger partial charge >= 0.3 is 0 Å². The van der Waals surface area contributed by atoms with Crippen LogP contribution in [0.25, 0.3) is 0 Å². The minimum atomic E-state index is -2.94. The molecular formula is C12H15ClF2O. The van der Waals surface area contributed by atoms with Crippen LogP contribution in [0, 0.1) is 12.8 Å². The molecule has 0 amide bonds. The van der Waals surface area contributed by atoms with Gasteiger partial charge in [0, 0.05) is 10.9 Å². The van der Waals surface area contributed by atoms with Crippen LogP contribution in [0.15, 0.2) is 12.1 Å². The van der Waals surface area contributed by atoms with Crippen molar-refractivity contribution in [2.75, 3.05) is 7.11 Å². The van der Waals surface area contributed by atoms with Crippen LogP contribution in [0.3, 0.4) is 0 Å². The summed E-state index contributed by atoms with van der Waals surface area (Å²) in [5.74, 6) is -3.54. The van der Waals surface area contributed by atoms with Crippen molar-refractivity contribution in [1.29, 1.82) is 0 Å². The average Bonchev–Trinajstić information content (AvgIpc) is 2.16. The number of ether oxygens (including phenoxy) is 1. The van der Waals surface area contributed by atoms with Gasteiger partial charge in [0.2, 0.25) is 0 Å². The van der Waals surface area contributed by atoms with Crippen molar-refractivity contribution in [1.82, 2.24) is 0 Å². The quantitative estimate of drug-likeness (QED) is 0.770. The zero-order chi connectivity index (χ0) is 12.5. The minimum absolute atomic E-state index is 0.144. The number of alkyl halides is 2. The van der Waals surface area contributed by atoms with Gasteiger partial charge in [0.1, 0.15) is 5.75 Å². The zero-order valence-corrected chi connectivity index (χ0v) is 10.5. The van der Waals surface area contributed by atoms with Crippen LogP contribution in [0.2, 0.25) is 5.02 Å². The van der Waals surface area contributed by atoms with Crippen LogP contribution in [0.1, 0.15) is 25.0 Å². The summed E-state index contributed by atoms with van der Waals surface area (Å²) < 4.78 is 32.9. The molecule has 1 aromatic rings. The molecule has 0 saturated carbocycles. The van der Waals surface area contributed by atoms with E-state index in [4.69, 9.17) is 16.3 Å². The van der Waals surface area contributed by atoms with Gasteiger partial charge in [0.25, 0.3) is 5.92 Å². The Balaban J connectivity index is 3.42. The van der Waals surface area contributed by atoms with Gasteiger partial charge < -0.3 is 4.74 Å². The first-order valence-corrected chi connectivity index (χ1v) is 5.41. The van der Waals surface area contributed by atoms with E-state index in [0.717, 1.165) is 0 Å². The minimum Gasteiger partial charge on any atom is -0.496 e. The van der Waals surface area contributed by atoms with Crippen molar-refractivity contribution in [2.24, 2.45) is 5.92 Å². The van der Waals surface area contributed by atoms with Crippen LogP contribution >= 0.6 is 11.6 Å². The molecule has 0 aliphatic heterocycles. The summed E-state index contributed by atoms with van der Waals surface area (Å²) in [4.78, 5) is 0. The number of halogens is 3. The molecule has 0 radical (unpaired) electrons. The molecule has 0 spiro atoms. The lowest BCUT2D eigenvalue weighted by Crippen LogP contribution is -2.22. The van der Waals surface area contributed by atoms with Crippen molar-refractivity contribution >= 4 is 11.6 Å². The number of rotatable bonds is 3. The maximum atomic E-state index is 13.9. The molecule has 0 bridgehead atoms. The zero-order valence-electron chi connectivity index (χ0n) is 9.77. The topological polar surface area (TPSA) is 9.23 Å². The van der Waals surface area contributed by atoms with Gasteiger partial charge in [-0.25, -0.2) is 8.78 Å². The molecule has 16 heavy (non-hydrogen) atoms. The van der Waals surface area contributed by atoms with Crippen molar-refractivity contribution in [2.45, 2.75) is 26.7 Å². The van der Waals surface area contributed by atoms with Gasteiger partial charge in [-0.05, 0) is 24.6 Å². The number of aryl methyl sites for hydroxylation is 1. The highest BCUT2D eigenvalue weighted by Gasteiger charge is 2.39. The molecule has 0 N–H and O–H groups in total. The largest absolute Gasteiger partial charge is 0.496 e. The molecule has 0 atom stereocenters. The standard InChI is InChI=1S/C12H15ClF2O/c1-7(2)12(14,15)10-6-9(13)5-8(3)11(10)16-4/h5-7H,1-4H3. The van der Waals surface area contributed by atoms with E-state index in [1.807, 2.05) is 0 Å². The summed E-state index contributed by atoms with van der Waals surface area (Å²) in [5.41, 5.74) is 0.473. The highest BCUT2D eigenvalue weighted by Crippen LogP contribution is 2.43. The fourth-order valence-electron chi connectivity index (χ4n) is 1.56. The Kier molecular flexibility index (Phi) is 3.79. The number of hydrogen-bond donors (Lipinski definition) is 0. The lowest BCUT2D eigenvalue weighted by Gasteiger charge is -2.24. The predicted molar refractivity (Wildman–Crippen MR) is 61.5 cm³/mol. The molecular weight excluding hydrogens is 234 g/mol. The number of benzene rings is 1. The van der Waals surface area contributed by atoms with E-state index < -0.39 is 11.8 Å². The maximum Gasteiger partial charge on any atom is 0.279 e. The van der Waals surface area contributed by atoms with E-state index in [2.05, 4.69) is 0 Å². The monoisotopic (exact) mass is 248 g/mol. The molecule has 1 aromatic carbocycles. The average molecular weight is 249 g/mol. The maximum absolute atomic E-state index is 13.9. The van der Waals surface area contributed by atoms with Crippen molar-refractivity contribution < 1.29 is 13.5 Å². The van der Waals surface area contributed by atoms with Gasteiger partial charge in [-0.1, -0.05) is 25.4 Å². The van der Waals surface area contributed by atoms with Crippen LogP contribution in [-0.2, 0) is 5.92 Å². The Morgan fingerprint density at radius 3 is 2.31 bits per heavy atom. The van der Waals surface area contributed by atoms with Crippen LogP contribution in [0.4, 0.5) is 8.78 Å². The summed E-state index contributed by atoms with van der Waals surface area (Å²) in [6.45, 7) is 4.63. The molecule has 0 unspecified atom stereocenters. The van der Waals surface area contributed by atoms with Gasteiger partial charge in [-0.15, -0.1) is 0 Å². The fraction of sp³-hybridized carbons (Fsp3) is 0.500. The molecule has 0 saturated heterocycles. The highest BCUT2D eigenvalue weighted by molar-refractivity contribution is 6.30. The first kappa shape index (κ1) is 13.2. The van der Waals surface area contributed by atoms with Gasteiger partial charge in [0.15, 0.2) is 0 Å². The summed E-state index contributed by atoms with van der Waals surface area (Å²) in [7, 11) is 1.39. The second kappa shape index (κ2) is 4.58. The predicted octanol–water partition coefficient (Wildman–Crippen LogP) is 4.40. The fourth-order valence-corrected chi connectivity index (χ4v) is 1.83. The molecule has 0 aromatic heterocycles. The van der Waals surface area contributed by atoms with Crippen LogP contribution < -0.4 is 4.74 Å². The van der Waals surface area contributed by atoms with Crippen LogP contribution in [-0.4, -0.2) is 7.11 Å². The van der Waals surface area contributed by atoms with Gasteiger partial charge in [0.05, 0.1) is 12.7 Å². The highest BCUT2D eigenvalue weighted by atomic mass is 35.5. The Morgan fingerprint density at radius 2 is 1.88 bits per heavy atom. The van der Waals surface area contributed by atoms with Crippen LogP contribution in [0.5, 0.6) is 5.75 Å². The molecule has 4 heteroatoms. The third-order valence-corrected chi connectivity index (χ3v) is 2.75. The summed E-state index contributed by atoms with van der Waals surface area (Å²) in [6, 6.07) is 2.88. The summed E-state index contributed by atoms with van der Waals surface area (Å²) in [6.07, 6.45) is 0. The first-order valence-electron chi connectivity index (χ1n) is 5.03. The van der Waals surface area contributed by atoms with E-state index in [1.165, 1.54) is 27.0 Å². The van der Waals surface area contributed by atoms with E-state index in [1.54, 1.807) is 13.0 Å². The van der Waals surface area contributed by atoms with Gasteiger partial charge in [-0.2, -0.15) is 0 Å². The van der Waals surface area contributed by atoms with Crippen molar-refractivity contribution in [3.05, 3.63) is 28.3 Å². The SMILES string of the molecule is COc1c(C)cc(Cl)cc1C(F)(F)C(C)C.